The SMILES string of the molecule is COc1ccc(Sc2ccc(NC(=O)C3COCCN3)cc2Cl)cc1. The molecule has 1 amide bonds. The van der Waals surface area contributed by atoms with Crippen molar-refractivity contribution in [1.82, 2.24) is 5.32 Å². The average molecular weight is 379 g/mol. The molecule has 0 radical (unpaired) electrons. The molecule has 1 saturated heterocycles. The summed E-state index contributed by atoms with van der Waals surface area (Å²) in [4.78, 5) is 14.2. The van der Waals surface area contributed by atoms with Gasteiger partial charge < -0.3 is 20.1 Å². The van der Waals surface area contributed by atoms with Crippen molar-refractivity contribution in [3.63, 3.8) is 0 Å². The average Bonchev–Trinajstić information content (AvgIpc) is 2.65. The number of ether oxygens (including phenoxy) is 2. The number of hydrogen-bond donors (Lipinski definition) is 2. The fraction of sp³-hybridized carbons (Fsp3) is 0.278. The second-order valence-electron chi connectivity index (χ2n) is 5.49. The molecule has 1 unspecified atom stereocenters. The third kappa shape index (κ3) is 4.89. The maximum absolute atomic E-state index is 12.2. The zero-order valence-electron chi connectivity index (χ0n) is 13.8. The Labute approximate surface area is 156 Å². The van der Waals surface area contributed by atoms with Crippen LogP contribution in [0.25, 0.3) is 0 Å². The number of anilines is 1. The number of halogens is 1. The molecule has 0 saturated carbocycles. The Kier molecular flexibility index (Phi) is 6.20. The van der Waals surface area contributed by atoms with E-state index in [1.165, 1.54) is 0 Å². The molecule has 1 aliphatic heterocycles. The lowest BCUT2D eigenvalue weighted by atomic mass is 10.2. The summed E-state index contributed by atoms with van der Waals surface area (Å²) in [7, 11) is 1.64. The Morgan fingerprint density at radius 3 is 2.76 bits per heavy atom. The van der Waals surface area contributed by atoms with Crippen molar-refractivity contribution >= 4 is 35.0 Å². The van der Waals surface area contributed by atoms with Crippen LogP contribution < -0.4 is 15.4 Å². The van der Waals surface area contributed by atoms with E-state index in [4.69, 9.17) is 21.1 Å². The van der Waals surface area contributed by atoms with Crippen LogP contribution in [0.2, 0.25) is 5.02 Å². The first-order chi connectivity index (χ1) is 12.2. The summed E-state index contributed by atoms with van der Waals surface area (Å²) in [5.74, 6) is 0.695. The maximum Gasteiger partial charge on any atom is 0.243 e. The maximum atomic E-state index is 12.2. The molecule has 1 atom stereocenters. The number of carbonyl (C=O) groups is 1. The number of benzene rings is 2. The quantitative estimate of drug-likeness (QED) is 0.834. The molecule has 0 spiro atoms. The van der Waals surface area contributed by atoms with Gasteiger partial charge in [0.2, 0.25) is 5.91 Å². The number of carbonyl (C=O) groups excluding carboxylic acids is 1. The van der Waals surface area contributed by atoms with Gasteiger partial charge in [-0.25, -0.2) is 0 Å². The molecule has 0 bridgehead atoms. The predicted molar refractivity (Wildman–Crippen MR) is 99.8 cm³/mol. The Hall–Kier alpha value is -1.73. The largest absolute Gasteiger partial charge is 0.497 e. The van der Waals surface area contributed by atoms with E-state index in [0.717, 1.165) is 15.5 Å². The van der Waals surface area contributed by atoms with Gasteiger partial charge in [-0.05, 0) is 42.5 Å². The van der Waals surface area contributed by atoms with Gasteiger partial charge in [0.25, 0.3) is 0 Å². The van der Waals surface area contributed by atoms with E-state index in [1.807, 2.05) is 36.4 Å². The van der Waals surface area contributed by atoms with Crippen molar-refractivity contribution in [3.8, 4) is 5.75 Å². The van der Waals surface area contributed by atoms with Gasteiger partial charge in [0.05, 0.1) is 25.3 Å². The second-order valence-corrected chi connectivity index (χ2v) is 7.02. The van der Waals surface area contributed by atoms with Crippen LogP contribution in [0, 0.1) is 0 Å². The summed E-state index contributed by atoms with van der Waals surface area (Å²) in [6, 6.07) is 12.9. The fourth-order valence-electron chi connectivity index (χ4n) is 2.40. The summed E-state index contributed by atoms with van der Waals surface area (Å²) in [5.41, 5.74) is 0.668. The first-order valence-electron chi connectivity index (χ1n) is 7.89. The van der Waals surface area contributed by atoms with Gasteiger partial charge in [0.1, 0.15) is 11.8 Å². The lowest BCUT2D eigenvalue weighted by Gasteiger charge is -2.23. The van der Waals surface area contributed by atoms with Crippen LogP contribution in [0.1, 0.15) is 0 Å². The van der Waals surface area contributed by atoms with Crippen molar-refractivity contribution in [1.29, 1.82) is 0 Å². The minimum Gasteiger partial charge on any atom is -0.497 e. The summed E-state index contributed by atoms with van der Waals surface area (Å²) in [6.07, 6.45) is 0. The summed E-state index contributed by atoms with van der Waals surface area (Å²) >= 11 is 7.93. The molecule has 7 heteroatoms. The van der Waals surface area contributed by atoms with E-state index >= 15 is 0 Å². The van der Waals surface area contributed by atoms with Crippen molar-refractivity contribution < 1.29 is 14.3 Å². The third-order valence-electron chi connectivity index (χ3n) is 3.72. The summed E-state index contributed by atoms with van der Waals surface area (Å²) in [6.45, 7) is 1.69. The number of amides is 1. The van der Waals surface area contributed by atoms with Gasteiger partial charge in [0, 0.05) is 22.0 Å². The molecule has 0 aliphatic carbocycles. The van der Waals surface area contributed by atoms with Crippen LogP contribution >= 0.6 is 23.4 Å². The molecule has 3 rings (SSSR count). The van der Waals surface area contributed by atoms with Crippen LogP contribution in [-0.4, -0.2) is 38.8 Å². The normalized spacial score (nSPS) is 17.1. The summed E-state index contributed by atoms with van der Waals surface area (Å²) < 4.78 is 10.5. The summed E-state index contributed by atoms with van der Waals surface area (Å²) in [5, 5.41) is 6.58. The molecule has 2 aromatic rings. The van der Waals surface area contributed by atoms with Gasteiger partial charge >= 0.3 is 0 Å². The number of hydrogen-bond acceptors (Lipinski definition) is 5. The van der Waals surface area contributed by atoms with Gasteiger partial charge in [-0.2, -0.15) is 0 Å². The first kappa shape index (κ1) is 18.1. The van der Waals surface area contributed by atoms with Gasteiger partial charge in [-0.15, -0.1) is 0 Å². The number of nitrogens with one attached hydrogen (secondary N) is 2. The van der Waals surface area contributed by atoms with Gasteiger partial charge in [0.15, 0.2) is 0 Å². The molecule has 1 heterocycles. The van der Waals surface area contributed by atoms with Crippen LogP contribution in [-0.2, 0) is 9.53 Å². The van der Waals surface area contributed by atoms with Crippen LogP contribution in [0.3, 0.4) is 0 Å². The molecule has 5 nitrogen and oxygen atoms in total. The van der Waals surface area contributed by atoms with Crippen molar-refractivity contribution in [2.45, 2.75) is 15.8 Å². The number of methoxy groups -OCH3 is 1. The molecule has 132 valence electrons. The van der Waals surface area contributed by atoms with Crippen LogP contribution in [0.4, 0.5) is 5.69 Å². The Morgan fingerprint density at radius 1 is 1.32 bits per heavy atom. The first-order valence-corrected chi connectivity index (χ1v) is 9.08. The Morgan fingerprint density at radius 2 is 2.12 bits per heavy atom. The molecule has 2 aromatic carbocycles. The lowest BCUT2D eigenvalue weighted by Crippen LogP contribution is -2.48. The highest BCUT2D eigenvalue weighted by molar-refractivity contribution is 7.99. The third-order valence-corrected chi connectivity index (χ3v) is 5.23. The molecule has 1 fully saturated rings. The molecular formula is C18H19ClN2O3S. The monoisotopic (exact) mass is 378 g/mol. The van der Waals surface area contributed by atoms with Crippen LogP contribution in [0.5, 0.6) is 5.75 Å². The number of morpholine rings is 1. The molecule has 25 heavy (non-hydrogen) atoms. The minimum atomic E-state index is -0.333. The van der Waals surface area contributed by atoms with E-state index in [1.54, 1.807) is 24.9 Å². The Bertz CT molecular complexity index is 734. The van der Waals surface area contributed by atoms with E-state index in [-0.39, 0.29) is 11.9 Å². The highest BCUT2D eigenvalue weighted by Gasteiger charge is 2.21. The van der Waals surface area contributed by atoms with Crippen molar-refractivity contribution in [2.24, 2.45) is 0 Å². The van der Waals surface area contributed by atoms with Crippen molar-refractivity contribution in [2.75, 3.05) is 32.2 Å². The highest BCUT2D eigenvalue weighted by atomic mass is 35.5. The molecule has 0 aromatic heterocycles. The van der Waals surface area contributed by atoms with E-state index in [0.29, 0.717) is 30.5 Å². The van der Waals surface area contributed by atoms with E-state index in [2.05, 4.69) is 10.6 Å². The molecular weight excluding hydrogens is 360 g/mol. The van der Waals surface area contributed by atoms with E-state index < -0.39 is 0 Å². The zero-order chi connectivity index (χ0) is 17.6. The standard InChI is InChI=1S/C18H19ClN2O3S/c1-23-13-3-5-14(6-4-13)25-17-7-2-12(10-15(17)19)21-18(22)16-11-24-9-8-20-16/h2-7,10,16,20H,8-9,11H2,1H3,(H,21,22). The lowest BCUT2D eigenvalue weighted by molar-refractivity contribution is -0.120. The molecule has 1 aliphatic rings. The highest BCUT2D eigenvalue weighted by Crippen LogP contribution is 2.35. The number of rotatable bonds is 5. The van der Waals surface area contributed by atoms with E-state index in [9.17, 15) is 4.79 Å². The predicted octanol–water partition coefficient (Wildman–Crippen LogP) is 3.43. The van der Waals surface area contributed by atoms with Crippen LogP contribution in [0.15, 0.2) is 52.3 Å². The fourth-order valence-corrected chi connectivity index (χ4v) is 3.51. The topological polar surface area (TPSA) is 59.6 Å². The minimum absolute atomic E-state index is 0.119. The molecule has 2 N–H and O–H groups in total. The second kappa shape index (κ2) is 8.58. The smallest absolute Gasteiger partial charge is 0.243 e. The Balaban J connectivity index is 1.64. The zero-order valence-corrected chi connectivity index (χ0v) is 15.3. The van der Waals surface area contributed by atoms with Gasteiger partial charge in [-0.1, -0.05) is 23.4 Å². The van der Waals surface area contributed by atoms with Crippen molar-refractivity contribution in [3.05, 3.63) is 47.5 Å². The van der Waals surface area contributed by atoms with Gasteiger partial charge in [-0.3, -0.25) is 4.79 Å².